The van der Waals surface area contributed by atoms with Crippen LogP contribution < -0.4 is 0 Å². The zero-order valence-corrected chi connectivity index (χ0v) is 13.7. The first-order chi connectivity index (χ1) is 11.7. The molecule has 134 valence electrons. The van der Waals surface area contributed by atoms with Gasteiger partial charge in [-0.25, -0.2) is 4.79 Å². The lowest BCUT2D eigenvalue weighted by atomic mass is 10.1. The van der Waals surface area contributed by atoms with Crippen molar-refractivity contribution in [1.29, 1.82) is 0 Å². The maximum atomic E-state index is 12.6. The fourth-order valence-electron chi connectivity index (χ4n) is 1.96. The lowest BCUT2D eigenvalue weighted by molar-refractivity contribution is -0.139. The third-order valence-electron chi connectivity index (χ3n) is 3.06. The minimum atomic E-state index is -4.43. The van der Waals surface area contributed by atoms with Gasteiger partial charge in [-0.3, -0.25) is 0 Å². The minimum Gasteiger partial charge on any atom is -0.452 e. The molecule has 8 heteroatoms. The van der Waals surface area contributed by atoms with Crippen LogP contribution >= 0.6 is 0 Å². The SMILES string of the molecule is CC(C)Cc1noc(COC(=O)/C=C/c2cccc(C(F)(F)F)c2)n1. The number of alkyl halides is 3. The first-order valence-corrected chi connectivity index (χ1v) is 7.57. The van der Waals surface area contributed by atoms with Gasteiger partial charge in [-0.1, -0.05) is 31.1 Å². The molecule has 0 fully saturated rings. The Bertz CT molecular complexity index is 752. The van der Waals surface area contributed by atoms with E-state index in [-0.39, 0.29) is 18.1 Å². The predicted octanol–water partition coefficient (Wildman–Crippen LogP) is 4.04. The molecule has 2 aromatic rings. The molecule has 0 bridgehead atoms. The van der Waals surface area contributed by atoms with Gasteiger partial charge in [-0.2, -0.15) is 18.2 Å². The van der Waals surface area contributed by atoms with Crippen molar-refractivity contribution in [2.45, 2.75) is 33.1 Å². The number of halogens is 3. The van der Waals surface area contributed by atoms with Gasteiger partial charge < -0.3 is 9.26 Å². The van der Waals surface area contributed by atoms with Gasteiger partial charge in [-0.15, -0.1) is 0 Å². The summed E-state index contributed by atoms with van der Waals surface area (Å²) in [6, 6.07) is 4.62. The Morgan fingerprint density at radius 3 is 2.80 bits per heavy atom. The maximum Gasteiger partial charge on any atom is 0.416 e. The lowest BCUT2D eigenvalue weighted by Crippen LogP contribution is -2.04. The molecule has 5 nitrogen and oxygen atoms in total. The Morgan fingerprint density at radius 1 is 1.36 bits per heavy atom. The molecule has 0 radical (unpaired) electrons. The Kier molecular flexibility index (Phi) is 5.95. The lowest BCUT2D eigenvalue weighted by Gasteiger charge is -2.06. The number of carbonyl (C=O) groups is 1. The second kappa shape index (κ2) is 7.96. The van der Waals surface area contributed by atoms with E-state index in [9.17, 15) is 18.0 Å². The summed E-state index contributed by atoms with van der Waals surface area (Å²) < 4.78 is 47.7. The standard InChI is InChI=1S/C17H17F3N2O3/c1-11(2)8-14-21-15(25-22-14)10-24-16(23)7-6-12-4-3-5-13(9-12)17(18,19)20/h3-7,9,11H,8,10H2,1-2H3/b7-6+. The molecule has 0 amide bonds. The van der Waals surface area contributed by atoms with Crippen molar-refractivity contribution < 1.29 is 27.2 Å². The summed E-state index contributed by atoms with van der Waals surface area (Å²) in [6.07, 6.45) is -1.50. The predicted molar refractivity (Wildman–Crippen MR) is 83.1 cm³/mol. The van der Waals surface area contributed by atoms with Crippen LogP contribution in [0.25, 0.3) is 6.08 Å². The zero-order valence-electron chi connectivity index (χ0n) is 13.7. The third-order valence-corrected chi connectivity index (χ3v) is 3.06. The van der Waals surface area contributed by atoms with Gasteiger partial charge in [0.15, 0.2) is 12.4 Å². The van der Waals surface area contributed by atoms with E-state index in [1.807, 2.05) is 13.8 Å². The summed E-state index contributed by atoms with van der Waals surface area (Å²) in [5.74, 6) is 0.335. The highest BCUT2D eigenvalue weighted by atomic mass is 19.4. The fourth-order valence-corrected chi connectivity index (χ4v) is 1.96. The highest BCUT2D eigenvalue weighted by Crippen LogP contribution is 2.29. The van der Waals surface area contributed by atoms with Gasteiger partial charge in [-0.05, 0) is 29.7 Å². The second-order valence-electron chi connectivity index (χ2n) is 5.77. The molecule has 1 aromatic carbocycles. The Hall–Kier alpha value is -2.64. The van der Waals surface area contributed by atoms with Gasteiger partial charge in [0, 0.05) is 12.5 Å². The molecule has 0 saturated carbocycles. The smallest absolute Gasteiger partial charge is 0.416 e. The van der Waals surface area contributed by atoms with E-state index < -0.39 is 17.7 Å². The van der Waals surface area contributed by atoms with E-state index in [1.54, 1.807) is 0 Å². The Labute approximate surface area is 142 Å². The third kappa shape index (κ3) is 6.06. The van der Waals surface area contributed by atoms with Gasteiger partial charge in [0.1, 0.15) is 0 Å². The number of hydrogen-bond donors (Lipinski definition) is 0. The highest BCUT2D eigenvalue weighted by Gasteiger charge is 2.30. The molecule has 0 aliphatic carbocycles. The average Bonchev–Trinajstić information content (AvgIpc) is 2.97. The van der Waals surface area contributed by atoms with Crippen molar-refractivity contribution in [3.8, 4) is 0 Å². The van der Waals surface area contributed by atoms with Crippen LogP contribution in [0.4, 0.5) is 13.2 Å². The Morgan fingerprint density at radius 2 is 2.12 bits per heavy atom. The summed E-state index contributed by atoms with van der Waals surface area (Å²) in [7, 11) is 0. The molecule has 0 aliphatic heterocycles. The van der Waals surface area contributed by atoms with E-state index in [4.69, 9.17) is 9.26 Å². The van der Waals surface area contributed by atoms with Crippen LogP contribution in [0.15, 0.2) is 34.9 Å². The molecule has 0 atom stereocenters. The van der Waals surface area contributed by atoms with E-state index >= 15 is 0 Å². The van der Waals surface area contributed by atoms with Crippen LogP contribution in [0.2, 0.25) is 0 Å². The van der Waals surface area contributed by atoms with E-state index in [1.165, 1.54) is 18.2 Å². The number of esters is 1. The highest BCUT2D eigenvalue weighted by molar-refractivity contribution is 5.87. The van der Waals surface area contributed by atoms with Crippen LogP contribution in [-0.4, -0.2) is 16.1 Å². The van der Waals surface area contributed by atoms with E-state index in [0.717, 1.165) is 18.2 Å². The molecule has 0 N–H and O–H groups in total. The molecule has 2 rings (SSSR count). The molecule has 0 aliphatic rings. The number of benzene rings is 1. The number of rotatable bonds is 6. The number of aromatic nitrogens is 2. The average molecular weight is 354 g/mol. The Balaban J connectivity index is 1.90. The van der Waals surface area contributed by atoms with Crippen molar-refractivity contribution >= 4 is 12.0 Å². The number of ether oxygens (including phenoxy) is 1. The zero-order chi connectivity index (χ0) is 18.4. The van der Waals surface area contributed by atoms with Gasteiger partial charge in [0.2, 0.25) is 0 Å². The molecule has 25 heavy (non-hydrogen) atoms. The van der Waals surface area contributed by atoms with E-state index in [2.05, 4.69) is 10.1 Å². The van der Waals surface area contributed by atoms with Crippen molar-refractivity contribution in [3.05, 3.63) is 53.2 Å². The number of hydrogen-bond acceptors (Lipinski definition) is 5. The summed E-state index contributed by atoms with van der Waals surface area (Å²) in [5.41, 5.74) is -0.546. The summed E-state index contributed by atoms with van der Waals surface area (Å²) in [5, 5.41) is 3.76. The monoisotopic (exact) mass is 354 g/mol. The van der Waals surface area contributed by atoms with Crippen LogP contribution in [0.3, 0.4) is 0 Å². The van der Waals surface area contributed by atoms with Gasteiger partial charge >= 0.3 is 12.1 Å². The van der Waals surface area contributed by atoms with Crippen LogP contribution in [0.5, 0.6) is 0 Å². The normalized spacial score (nSPS) is 12.1. The molecular formula is C17H17F3N2O3. The number of carbonyl (C=O) groups excluding carboxylic acids is 1. The largest absolute Gasteiger partial charge is 0.452 e. The first-order valence-electron chi connectivity index (χ1n) is 7.57. The molecule has 0 saturated heterocycles. The quantitative estimate of drug-likeness (QED) is 0.578. The number of nitrogens with zero attached hydrogens (tertiary/aromatic N) is 2. The molecule has 0 spiro atoms. The van der Waals surface area contributed by atoms with Gasteiger partial charge in [0.05, 0.1) is 5.56 Å². The maximum absolute atomic E-state index is 12.6. The van der Waals surface area contributed by atoms with Crippen LogP contribution in [0, 0.1) is 5.92 Å². The summed E-state index contributed by atoms with van der Waals surface area (Å²) >= 11 is 0. The van der Waals surface area contributed by atoms with Crippen molar-refractivity contribution in [3.63, 3.8) is 0 Å². The molecule has 0 unspecified atom stereocenters. The summed E-state index contributed by atoms with van der Waals surface area (Å²) in [4.78, 5) is 15.7. The van der Waals surface area contributed by atoms with Crippen molar-refractivity contribution in [2.75, 3.05) is 0 Å². The van der Waals surface area contributed by atoms with Crippen molar-refractivity contribution in [1.82, 2.24) is 10.1 Å². The fraction of sp³-hybridized carbons (Fsp3) is 0.353. The van der Waals surface area contributed by atoms with Crippen LogP contribution in [-0.2, 0) is 28.7 Å². The second-order valence-corrected chi connectivity index (χ2v) is 5.77. The first kappa shape index (κ1) is 18.7. The summed E-state index contributed by atoms with van der Waals surface area (Å²) in [6.45, 7) is 3.82. The van der Waals surface area contributed by atoms with Gasteiger partial charge in [0.25, 0.3) is 5.89 Å². The molecule has 1 aromatic heterocycles. The molecular weight excluding hydrogens is 337 g/mol. The van der Waals surface area contributed by atoms with E-state index in [0.29, 0.717) is 18.2 Å². The molecule has 1 heterocycles. The topological polar surface area (TPSA) is 65.2 Å². The van der Waals surface area contributed by atoms with Crippen molar-refractivity contribution in [2.24, 2.45) is 5.92 Å². The van der Waals surface area contributed by atoms with Crippen LogP contribution in [0.1, 0.15) is 36.7 Å². The minimum absolute atomic E-state index is 0.163.